The standard InChI is InChI=1S/C17H16N4O5S3/c22-16(8-13-11-28-17(20-13)12-4-7-27-10-12)18-5-6-19-29(25,26)15-3-1-2-14(9-15)21(23)24/h1-4,7,9-11,19H,5-6,8H2,(H,18,22). The van der Waals surface area contributed by atoms with E-state index < -0.39 is 14.9 Å². The zero-order chi connectivity index (χ0) is 20.9. The smallest absolute Gasteiger partial charge is 0.270 e. The first-order valence-electron chi connectivity index (χ1n) is 8.33. The summed E-state index contributed by atoms with van der Waals surface area (Å²) < 4.78 is 26.7. The Morgan fingerprint density at radius 3 is 2.76 bits per heavy atom. The minimum absolute atomic E-state index is 0.0476. The number of benzene rings is 1. The molecule has 3 rings (SSSR count). The molecule has 12 heteroatoms. The quantitative estimate of drug-likeness (QED) is 0.291. The summed E-state index contributed by atoms with van der Waals surface area (Å²) in [5.74, 6) is -0.276. The van der Waals surface area contributed by atoms with Gasteiger partial charge in [0.2, 0.25) is 15.9 Å². The molecule has 0 spiro atoms. The molecule has 0 aliphatic carbocycles. The lowest BCUT2D eigenvalue weighted by molar-refractivity contribution is -0.385. The lowest BCUT2D eigenvalue weighted by Crippen LogP contribution is -2.35. The number of thiazole rings is 1. The first-order chi connectivity index (χ1) is 13.8. The Bertz CT molecular complexity index is 1110. The van der Waals surface area contributed by atoms with Gasteiger partial charge in [0, 0.05) is 41.5 Å². The number of hydrogen-bond donors (Lipinski definition) is 2. The number of sulfonamides is 1. The number of carbonyl (C=O) groups excluding carboxylic acids is 1. The largest absolute Gasteiger partial charge is 0.354 e. The van der Waals surface area contributed by atoms with Gasteiger partial charge >= 0.3 is 0 Å². The van der Waals surface area contributed by atoms with Crippen molar-refractivity contribution in [3.63, 3.8) is 0 Å². The predicted octanol–water partition coefficient (Wildman–Crippen LogP) is 2.42. The number of nitro benzene ring substituents is 1. The van der Waals surface area contributed by atoms with Crippen molar-refractivity contribution in [3.8, 4) is 10.6 Å². The highest BCUT2D eigenvalue weighted by molar-refractivity contribution is 7.89. The third-order valence-electron chi connectivity index (χ3n) is 3.74. The molecule has 0 radical (unpaired) electrons. The summed E-state index contributed by atoms with van der Waals surface area (Å²) in [6.45, 7) is 0.0303. The predicted molar refractivity (Wildman–Crippen MR) is 110 cm³/mol. The number of non-ortho nitro benzene ring substituents is 1. The monoisotopic (exact) mass is 452 g/mol. The third kappa shape index (κ3) is 5.67. The average Bonchev–Trinajstić information content (AvgIpc) is 3.37. The van der Waals surface area contributed by atoms with Gasteiger partial charge in [0.15, 0.2) is 0 Å². The SMILES string of the molecule is O=C(Cc1csc(-c2ccsc2)n1)NCCNS(=O)(=O)c1cccc([N+](=O)[O-])c1. The number of thiophene rings is 1. The molecular weight excluding hydrogens is 436 g/mol. The lowest BCUT2D eigenvalue weighted by atomic mass is 10.3. The molecule has 9 nitrogen and oxygen atoms in total. The molecule has 0 unspecified atom stereocenters. The first kappa shape index (κ1) is 21.0. The molecule has 0 saturated carbocycles. The maximum absolute atomic E-state index is 12.2. The van der Waals surface area contributed by atoms with E-state index in [1.807, 2.05) is 22.2 Å². The van der Waals surface area contributed by atoms with Crippen molar-refractivity contribution in [2.75, 3.05) is 13.1 Å². The van der Waals surface area contributed by atoms with Crippen LogP contribution in [0.25, 0.3) is 10.6 Å². The van der Waals surface area contributed by atoms with E-state index in [4.69, 9.17) is 0 Å². The van der Waals surface area contributed by atoms with E-state index in [-0.39, 0.29) is 36.0 Å². The van der Waals surface area contributed by atoms with E-state index in [1.165, 1.54) is 29.5 Å². The Kier molecular flexibility index (Phi) is 6.69. The van der Waals surface area contributed by atoms with Crippen molar-refractivity contribution in [3.05, 3.63) is 62.3 Å². The van der Waals surface area contributed by atoms with Crippen molar-refractivity contribution in [2.24, 2.45) is 0 Å². The fourth-order valence-electron chi connectivity index (χ4n) is 2.37. The lowest BCUT2D eigenvalue weighted by Gasteiger charge is -2.07. The van der Waals surface area contributed by atoms with Crippen LogP contribution in [0, 0.1) is 10.1 Å². The second-order valence-corrected chi connectivity index (χ2v) is 9.24. The van der Waals surface area contributed by atoms with Crippen LogP contribution >= 0.6 is 22.7 Å². The summed E-state index contributed by atoms with van der Waals surface area (Å²) in [5, 5.41) is 20.0. The molecule has 1 amide bonds. The summed E-state index contributed by atoms with van der Waals surface area (Å²) in [6.07, 6.45) is 0.0955. The molecule has 1 aromatic carbocycles. The number of amides is 1. The van der Waals surface area contributed by atoms with Gasteiger partial charge in [0.1, 0.15) is 5.01 Å². The molecule has 3 aromatic rings. The molecule has 152 valence electrons. The number of carbonyl (C=O) groups is 1. The van der Waals surface area contributed by atoms with Gasteiger partial charge < -0.3 is 5.32 Å². The van der Waals surface area contributed by atoms with Crippen LogP contribution < -0.4 is 10.0 Å². The highest BCUT2D eigenvalue weighted by Crippen LogP contribution is 2.25. The number of nitro groups is 1. The Morgan fingerprint density at radius 1 is 1.21 bits per heavy atom. The van der Waals surface area contributed by atoms with Gasteiger partial charge in [0.05, 0.1) is 21.9 Å². The minimum Gasteiger partial charge on any atom is -0.354 e. The summed E-state index contributed by atoms with van der Waals surface area (Å²) >= 11 is 3.03. The van der Waals surface area contributed by atoms with Gasteiger partial charge in [-0.3, -0.25) is 14.9 Å². The van der Waals surface area contributed by atoms with E-state index in [1.54, 1.807) is 11.3 Å². The fourth-order valence-corrected chi connectivity index (χ4v) is 4.97. The van der Waals surface area contributed by atoms with Gasteiger partial charge in [-0.15, -0.1) is 11.3 Å². The Labute approximate surface area is 174 Å². The van der Waals surface area contributed by atoms with Crippen molar-refractivity contribution >= 4 is 44.3 Å². The van der Waals surface area contributed by atoms with Crippen LogP contribution in [0.1, 0.15) is 5.69 Å². The second-order valence-electron chi connectivity index (χ2n) is 5.83. The zero-order valence-corrected chi connectivity index (χ0v) is 17.4. The third-order valence-corrected chi connectivity index (χ3v) is 6.82. The van der Waals surface area contributed by atoms with Crippen molar-refractivity contribution in [1.29, 1.82) is 0 Å². The summed E-state index contributed by atoms with van der Waals surface area (Å²) in [4.78, 5) is 26.3. The maximum Gasteiger partial charge on any atom is 0.270 e. The number of hydrogen-bond acceptors (Lipinski definition) is 8. The number of nitrogens with zero attached hydrogens (tertiary/aromatic N) is 2. The molecule has 0 saturated heterocycles. The number of nitrogens with one attached hydrogen (secondary N) is 2. The van der Waals surface area contributed by atoms with Crippen LogP contribution in [-0.2, 0) is 21.2 Å². The molecule has 0 bridgehead atoms. The van der Waals surface area contributed by atoms with Crippen LogP contribution in [0.15, 0.2) is 51.4 Å². The highest BCUT2D eigenvalue weighted by Gasteiger charge is 2.17. The summed E-state index contributed by atoms with van der Waals surface area (Å²) in [6, 6.07) is 6.71. The van der Waals surface area contributed by atoms with Crippen LogP contribution in [0.4, 0.5) is 5.69 Å². The molecule has 2 N–H and O–H groups in total. The molecule has 0 aliphatic rings. The van der Waals surface area contributed by atoms with Gasteiger partial charge in [-0.25, -0.2) is 18.1 Å². The zero-order valence-electron chi connectivity index (χ0n) is 14.9. The van der Waals surface area contributed by atoms with Crippen molar-refractivity contribution in [2.45, 2.75) is 11.3 Å². The van der Waals surface area contributed by atoms with E-state index in [0.29, 0.717) is 5.69 Å². The molecule has 0 aliphatic heterocycles. The normalized spacial score (nSPS) is 11.3. The molecule has 2 aromatic heterocycles. The summed E-state index contributed by atoms with van der Waals surface area (Å²) in [7, 11) is -3.91. The van der Waals surface area contributed by atoms with Gasteiger partial charge in [0.25, 0.3) is 5.69 Å². The molecule has 2 heterocycles. The molecule has 29 heavy (non-hydrogen) atoms. The molecule has 0 fully saturated rings. The van der Waals surface area contributed by atoms with E-state index in [0.717, 1.165) is 16.6 Å². The van der Waals surface area contributed by atoms with E-state index in [9.17, 15) is 23.3 Å². The number of aromatic nitrogens is 1. The topological polar surface area (TPSA) is 131 Å². The van der Waals surface area contributed by atoms with Gasteiger partial charge in [-0.05, 0) is 17.5 Å². The van der Waals surface area contributed by atoms with Gasteiger partial charge in [-0.1, -0.05) is 6.07 Å². The fraction of sp³-hybridized carbons (Fsp3) is 0.176. The first-order valence-corrected chi connectivity index (χ1v) is 11.6. The minimum atomic E-state index is -3.91. The molecule has 0 atom stereocenters. The van der Waals surface area contributed by atoms with Crippen LogP contribution in [0.2, 0.25) is 0 Å². The van der Waals surface area contributed by atoms with Crippen molar-refractivity contribution in [1.82, 2.24) is 15.0 Å². The van der Waals surface area contributed by atoms with Crippen LogP contribution in [-0.4, -0.2) is 37.3 Å². The summed E-state index contributed by atoms with van der Waals surface area (Å²) in [5.41, 5.74) is 1.35. The second kappa shape index (κ2) is 9.22. The van der Waals surface area contributed by atoms with Gasteiger partial charge in [-0.2, -0.15) is 11.3 Å². The maximum atomic E-state index is 12.2. The Hall–Kier alpha value is -2.67. The van der Waals surface area contributed by atoms with Crippen LogP contribution in [0.3, 0.4) is 0 Å². The Balaban J connectivity index is 1.47. The molecular formula is C17H16N4O5S3. The van der Waals surface area contributed by atoms with Crippen molar-refractivity contribution < 1.29 is 18.1 Å². The van der Waals surface area contributed by atoms with Crippen LogP contribution in [0.5, 0.6) is 0 Å². The van der Waals surface area contributed by atoms with E-state index in [2.05, 4.69) is 15.0 Å². The average molecular weight is 453 g/mol. The number of rotatable bonds is 9. The Morgan fingerprint density at radius 2 is 2.03 bits per heavy atom. The highest BCUT2D eigenvalue weighted by atomic mass is 32.2. The van der Waals surface area contributed by atoms with E-state index >= 15 is 0 Å².